The maximum atomic E-state index is 11.6. The van der Waals surface area contributed by atoms with Gasteiger partial charge in [-0.2, -0.15) is 67.3 Å². The van der Waals surface area contributed by atoms with E-state index in [1.54, 1.807) is 0 Å². The van der Waals surface area contributed by atoms with Crippen molar-refractivity contribution in [1.82, 2.24) is 4.90 Å². The Morgan fingerprint density at radius 2 is 1.15 bits per heavy atom. The van der Waals surface area contributed by atoms with Gasteiger partial charge in [0.15, 0.2) is 0 Å². The van der Waals surface area contributed by atoms with Crippen LogP contribution in [-0.2, 0) is 50.8 Å². The molecule has 2 nitrogen and oxygen atoms in total. The minimum atomic E-state index is 0. The first-order chi connectivity index (χ1) is 24.8. The Labute approximate surface area is 333 Å². The van der Waals surface area contributed by atoms with Gasteiger partial charge in [-0.1, -0.05) is 72.6 Å². The number of phenolic OH excluding ortho intramolecular Hbond substituents is 1. The predicted octanol–water partition coefficient (Wildman–Crippen LogP) is 11.7. The van der Waals surface area contributed by atoms with E-state index in [0.29, 0.717) is 5.75 Å². The molecule has 4 aliphatic rings. The molecule has 4 saturated carbocycles. The van der Waals surface area contributed by atoms with Gasteiger partial charge >= 0.3 is 25.8 Å². The number of hydrogen-bond donors (Lipinski definition) is 1. The SMILES string of the molecule is Cc1cc(CN(C)Cc2ccccc2[CH-]CCc2ccccc2)c(O)c(C23CC4CC(CC(C4)C2)C3)c1.[CH2-]c1ccccc1.[CH2-]c1ccccc1.[Hf+4]. The van der Waals surface area contributed by atoms with Crippen LogP contribution >= 0.6 is 0 Å². The van der Waals surface area contributed by atoms with Gasteiger partial charge in [-0.25, -0.2) is 0 Å². The van der Waals surface area contributed by atoms with Gasteiger partial charge in [0.1, 0.15) is 5.75 Å². The average Bonchev–Trinajstić information content (AvgIpc) is 3.11. The second-order valence-corrected chi connectivity index (χ2v) is 15.6. The van der Waals surface area contributed by atoms with Crippen LogP contribution in [0.15, 0.2) is 127 Å². The second-order valence-electron chi connectivity index (χ2n) is 15.6. The molecule has 0 aromatic heterocycles. The second kappa shape index (κ2) is 18.9. The molecule has 0 heterocycles. The first kappa shape index (κ1) is 39.5. The smallest absolute Gasteiger partial charge is 0.507 e. The zero-order valence-electron chi connectivity index (χ0n) is 31.3. The van der Waals surface area contributed by atoms with Crippen molar-refractivity contribution < 1.29 is 30.9 Å². The molecule has 5 aromatic carbocycles. The largest absolute Gasteiger partial charge is 4.00 e. The first-order valence-electron chi connectivity index (χ1n) is 19.0. The Bertz CT molecular complexity index is 1730. The molecular formula is C49H56HfNO+. The third kappa shape index (κ3) is 10.7. The van der Waals surface area contributed by atoms with E-state index < -0.39 is 0 Å². The van der Waals surface area contributed by atoms with E-state index in [1.807, 2.05) is 60.7 Å². The van der Waals surface area contributed by atoms with Gasteiger partial charge in [0.2, 0.25) is 0 Å². The number of rotatable bonds is 9. The van der Waals surface area contributed by atoms with Gasteiger partial charge in [0.05, 0.1) is 0 Å². The zero-order chi connectivity index (χ0) is 35.6. The quantitative estimate of drug-likeness (QED) is 0.118. The van der Waals surface area contributed by atoms with Gasteiger partial charge in [0, 0.05) is 17.7 Å². The summed E-state index contributed by atoms with van der Waals surface area (Å²) in [6, 6.07) is 43.8. The van der Waals surface area contributed by atoms with Gasteiger partial charge in [-0.15, -0.1) is 42.0 Å². The Hall–Kier alpha value is -3.66. The molecule has 52 heavy (non-hydrogen) atoms. The topological polar surface area (TPSA) is 23.5 Å². The molecular weight excluding hydrogens is 797 g/mol. The molecule has 4 aliphatic carbocycles. The molecule has 0 radical (unpaired) electrons. The molecule has 0 amide bonds. The summed E-state index contributed by atoms with van der Waals surface area (Å²) >= 11 is 0. The normalized spacial score (nSPS) is 20.9. The van der Waals surface area contributed by atoms with Crippen LogP contribution in [-0.4, -0.2) is 17.1 Å². The molecule has 1 N–H and O–H groups in total. The van der Waals surface area contributed by atoms with Crippen molar-refractivity contribution in [3.8, 4) is 5.75 Å². The minimum Gasteiger partial charge on any atom is -0.507 e. The zero-order valence-corrected chi connectivity index (χ0v) is 34.9. The van der Waals surface area contributed by atoms with Crippen LogP contribution in [0.2, 0.25) is 0 Å². The van der Waals surface area contributed by atoms with Crippen LogP contribution < -0.4 is 0 Å². The van der Waals surface area contributed by atoms with Gasteiger partial charge < -0.3 is 10.0 Å². The molecule has 0 spiro atoms. The molecule has 0 aliphatic heterocycles. The summed E-state index contributed by atoms with van der Waals surface area (Å²) < 4.78 is 0. The molecule has 5 aromatic rings. The van der Waals surface area contributed by atoms with Crippen LogP contribution in [0, 0.1) is 44.9 Å². The molecule has 0 atom stereocenters. The van der Waals surface area contributed by atoms with Crippen molar-refractivity contribution >= 4 is 0 Å². The molecule has 3 heteroatoms. The fourth-order valence-electron chi connectivity index (χ4n) is 9.33. The van der Waals surface area contributed by atoms with E-state index in [2.05, 4.69) is 106 Å². The van der Waals surface area contributed by atoms with Crippen molar-refractivity contribution in [3.05, 3.63) is 192 Å². The molecule has 9 rings (SSSR count). The van der Waals surface area contributed by atoms with E-state index in [1.165, 1.54) is 66.3 Å². The van der Waals surface area contributed by atoms with Crippen molar-refractivity contribution in [2.75, 3.05) is 7.05 Å². The number of aromatic hydroxyl groups is 1. The van der Waals surface area contributed by atoms with Crippen LogP contribution in [0.4, 0.5) is 0 Å². The van der Waals surface area contributed by atoms with Crippen LogP contribution in [0.3, 0.4) is 0 Å². The number of hydrogen-bond acceptors (Lipinski definition) is 2. The van der Waals surface area contributed by atoms with E-state index in [9.17, 15) is 5.11 Å². The molecule has 0 saturated heterocycles. The van der Waals surface area contributed by atoms with E-state index in [0.717, 1.165) is 60.4 Å². The predicted molar refractivity (Wildman–Crippen MR) is 214 cm³/mol. The van der Waals surface area contributed by atoms with Gasteiger partial charge in [-0.05, 0) is 94.2 Å². The van der Waals surface area contributed by atoms with E-state index in [4.69, 9.17) is 0 Å². The summed E-state index contributed by atoms with van der Waals surface area (Å²) in [5, 5.41) is 11.6. The van der Waals surface area contributed by atoms with Crippen molar-refractivity contribution in [1.29, 1.82) is 0 Å². The summed E-state index contributed by atoms with van der Waals surface area (Å²) in [6.45, 7) is 11.3. The Kier molecular flexibility index (Phi) is 14.4. The minimum absolute atomic E-state index is 0. The molecule has 0 unspecified atom stereocenters. The van der Waals surface area contributed by atoms with Gasteiger partial charge in [-0.3, -0.25) is 0 Å². The average molecular weight is 853 g/mol. The van der Waals surface area contributed by atoms with Crippen molar-refractivity contribution in [2.45, 2.75) is 76.8 Å². The fraction of sp³-hybridized carbons (Fsp3) is 0.327. The summed E-state index contributed by atoms with van der Waals surface area (Å²) in [5.74, 6) is 3.23. The third-order valence-electron chi connectivity index (χ3n) is 11.2. The van der Waals surface area contributed by atoms with Crippen molar-refractivity contribution in [3.63, 3.8) is 0 Å². The summed E-state index contributed by atoms with van der Waals surface area (Å²) in [7, 11) is 2.19. The molecule has 4 bridgehead atoms. The molecule has 266 valence electrons. The number of nitrogens with zero attached hydrogens (tertiary/aromatic N) is 1. The first-order valence-corrected chi connectivity index (χ1v) is 19.0. The number of phenols is 1. The van der Waals surface area contributed by atoms with Crippen LogP contribution in [0.5, 0.6) is 5.75 Å². The van der Waals surface area contributed by atoms with E-state index >= 15 is 0 Å². The Balaban J connectivity index is 0.000000290. The van der Waals surface area contributed by atoms with E-state index in [-0.39, 0.29) is 31.3 Å². The van der Waals surface area contributed by atoms with Crippen LogP contribution in [0.1, 0.15) is 89.5 Å². The third-order valence-corrected chi connectivity index (χ3v) is 11.2. The number of aryl methyl sites for hydroxylation is 2. The maximum Gasteiger partial charge on any atom is 4.00 e. The standard InChI is InChI=1S/C35H42NO.2C7H7.Hf/c1-25-15-32(34(37)33(16-25)35-20-27-17-28(21-35)19-29(18-27)22-35)24-36(2)23-31-13-7-6-12-30(31)14-8-11-26-9-4-3-5-10-26;2*1-7-5-3-2-4-6-7;/h3-7,9-10,12-16,27-29,37H,8,11,17-24H2,1-2H3;2*2-6H,1H2;/q3*-1;+4. The maximum absolute atomic E-state index is 11.6. The Morgan fingerprint density at radius 3 is 1.67 bits per heavy atom. The Morgan fingerprint density at radius 1 is 0.673 bits per heavy atom. The van der Waals surface area contributed by atoms with Crippen LogP contribution in [0.25, 0.3) is 0 Å². The summed E-state index contributed by atoms with van der Waals surface area (Å²) in [6.07, 6.45) is 12.7. The monoisotopic (exact) mass is 854 g/mol. The number of benzene rings is 5. The van der Waals surface area contributed by atoms with Crippen molar-refractivity contribution in [2.24, 2.45) is 17.8 Å². The summed E-state index contributed by atoms with van der Waals surface area (Å²) in [4.78, 5) is 2.36. The molecule has 4 fully saturated rings. The summed E-state index contributed by atoms with van der Waals surface area (Å²) in [5.41, 5.74) is 10.1. The fourth-order valence-corrected chi connectivity index (χ4v) is 9.33. The van der Waals surface area contributed by atoms with Gasteiger partial charge in [0.25, 0.3) is 0 Å².